The average molecular weight is 246 g/mol. The van der Waals surface area contributed by atoms with Crippen molar-refractivity contribution < 1.29 is 14.3 Å². The minimum absolute atomic E-state index is 0.0223. The van der Waals surface area contributed by atoms with Gasteiger partial charge in [-0.3, -0.25) is 4.79 Å². The Morgan fingerprint density at radius 2 is 2.06 bits per heavy atom. The lowest BCUT2D eigenvalue weighted by Crippen LogP contribution is -2.46. The van der Waals surface area contributed by atoms with Gasteiger partial charge in [0.05, 0.1) is 18.8 Å². The minimum Gasteiger partial charge on any atom is -0.382 e. The van der Waals surface area contributed by atoms with Crippen LogP contribution in [0.5, 0.6) is 0 Å². The molecular weight excluding hydrogens is 220 g/mol. The van der Waals surface area contributed by atoms with Gasteiger partial charge in [-0.2, -0.15) is 0 Å². The first-order chi connectivity index (χ1) is 8.15. The van der Waals surface area contributed by atoms with Gasteiger partial charge in [-0.25, -0.2) is 0 Å². The van der Waals surface area contributed by atoms with Crippen molar-refractivity contribution in [3.63, 3.8) is 0 Å². The first-order valence-corrected chi connectivity index (χ1v) is 6.18. The highest BCUT2D eigenvalue weighted by Gasteiger charge is 2.14. The second-order valence-electron chi connectivity index (χ2n) is 4.09. The van der Waals surface area contributed by atoms with Gasteiger partial charge < -0.3 is 20.1 Å². The molecule has 0 fully saturated rings. The van der Waals surface area contributed by atoms with Crippen molar-refractivity contribution in [1.82, 2.24) is 10.6 Å². The molecule has 0 bridgehead atoms. The quantitative estimate of drug-likeness (QED) is 0.552. The number of amides is 1. The molecule has 0 radical (unpaired) electrons. The van der Waals surface area contributed by atoms with Crippen LogP contribution in [-0.2, 0) is 14.3 Å². The Balaban J connectivity index is 3.75. The van der Waals surface area contributed by atoms with Gasteiger partial charge in [0.1, 0.15) is 0 Å². The summed E-state index contributed by atoms with van der Waals surface area (Å²) in [5.74, 6) is 0.0331. The van der Waals surface area contributed by atoms with Gasteiger partial charge >= 0.3 is 0 Å². The number of unbranched alkanes of at least 4 members (excludes halogenated alkanes) is 1. The summed E-state index contributed by atoms with van der Waals surface area (Å²) in [4.78, 5) is 11.6. The standard InChI is InChI=1S/C12H26N2O3/c1-5-6-7-13-12(15)10(2)14-8-11(17-4)9-16-3/h10-11,14H,5-9H2,1-4H3,(H,13,15). The molecule has 0 aromatic carbocycles. The Hall–Kier alpha value is -0.650. The molecule has 0 aliphatic carbocycles. The number of hydrogen-bond donors (Lipinski definition) is 2. The molecule has 0 heterocycles. The fraction of sp³-hybridized carbons (Fsp3) is 0.917. The van der Waals surface area contributed by atoms with Gasteiger partial charge in [0.25, 0.3) is 0 Å². The monoisotopic (exact) mass is 246 g/mol. The second-order valence-corrected chi connectivity index (χ2v) is 4.09. The van der Waals surface area contributed by atoms with Crippen molar-refractivity contribution in [2.45, 2.75) is 38.8 Å². The number of carbonyl (C=O) groups excluding carboxylic acids is 1. The van der Waals surface area contributed by atoms with Crippen molar-refractivity contribution in [2.75, 3.05) is 33.9 Å². The topological polar surface area (TPSA) is 59.6 Å². The molecule has 0 spiro atoms. The third kappa shape index (κ3) is 8.12. The summed E-state index contributed by atoms with van der Waals surface area (Å²) in [6.45, 7) is 5.82. The summed E-state index contributed by atoms with van der Waals surface area (Å²) in [6, 6.07) is -0.207. The van der Waals surface area contributed by atoms with Crippen LogP contribution < -0.4 is 10.6 Å². The highest BCUT2D eigenvalue weighted by atomic mass is 16.5. The summed E-state index contributed by atoms with van der Waals surface area (Å²) < 4.78 is 10.2. The highest BCUT2D eigenvalue weighted by Crippen LogP contribution is 1.91. The highest BCUT2D eigenvalue weighted by molar-refractivity contribution is 5.81. The van der Waals surface area contributed by atoms with Crippen molar-refractivity contribution in [2.24, 2.45) is 0 Å². The van der Waals surface area contributed by atoms with Crippen LogP contribution in [0.2, 0.25) is 0 Å². The molecule has 0 saturated heterocycles. The van der Waals surface area contributed by atoms with E-state index in [0.29, 0.717) is 13.2 Å². The number of hydrogen-bond acceptors (Lipinski definition) is 4. The van der Waals surface area contributed by atoms with E-state index in [2.05, 4.69) is 17.6 Å². The summed E-state index contributed by atoms with van der Waals surface area (Å²) in [5.41, 5.74) is 0. The molecule has 17 heavy (non-hydrogen) atoms. The zero-order chi connectivity index (χ0) is 13.1. The third-order valence-electron chi connectivity index (χ3n) is 2.56. The van der Waals surface area contributed by atoms with Gasteiger partial charge in [-0.15, -0.1) is 0 Å². The SMILES string of the molecule is CCCCNC(=O)C(C)NCC(COC)OC. The molecule has 0 aromatic heterocycles. The summed E-state index contributed by atoms with van der Waals surface area (Å²) in [5, 5.41) is 6.01. The maximum atomic E-state index is 11.6. The third-order valence-corrected chi connectivity index (χ3v) is 2.56. The Morgan fingerprint density at radius 3 is 2.59 bits per heavy atom. The number of rotatable bonds is 10. The maximum Gasteiger partial charge on any atom is 0.236 e. The first-order valence-electron chi connectivity index (χ1n) is 6.18. The van der Waals surface area contributed by atoms with Crippen LogP contribution in [0.1, 0.15) is 26.7 Å². The van der Waals surface area contributed by atoms with Gasteiger partial charge in [0.15, 0.2) is 0 Å². The maximum absolute atomic E-state index is 11.6. The van der Waals surface area contributed by atoms with Gasteiger partial charge in [0.2, 0.25) is 5.91 Å². The van der Waals surface area contributed by atoms with Crippen LogP contribution in [-0.4, -0.2) is 52.0 Å². The normalized spacial score (nSPS) is 14.4. The fourth-order valence-corrected chi connectivity index (χ4v) is 1.34. The molecule has 5 heteroatoms. The number of ether oxygens (including phenoxy) is 2. The van der Waals surface area contributed by atoms with Gasteiger partial charge in [0, 0.05) is 27.3 Å². The van der Waals surface area contributed by atoms with E-state index in [9.17, 15) is 4.79 Å². The van der Waals surface area contributed by atoms with E-state index in [-0.39, 0.29) is 18.1 Å². The molecule has 5 nitrogen and oxygen atoms in total. The van der Waals surface area contributed by atoms with Crippen LogP contribution in [0.25, 0.3) is 0 Å². The Labute approximate surface area is 104 Å². The summed E-state index contributed by atoms with van der Waals surface area (Å²) >= 11 is 0. The molecule has 1 amide bonds. The number of methoxy groups -OCH3 is 2. The van der Waals surface area contributed by atoms with E-state index in [1.807, 2.05) is 6.92 Å². The molecular formula is C12H26N2O3. The lowest BCUT2D eigenvalue weighted by molar-refractivity contribution is -0.122. The zero-order valence-corrected chi connectivity index (χ0v) is 11.4. The van der Waals surface area contributed by atoms with E-state index in [0.717, 1.165) is 19.4 Å². The smallest absolute Gasteiger partial charge is 0.236 e. The molecule has 0 aliphatic heterocycles. The van der Waals surface area contributed by atoms with Crippen LogP contribution >= 0.6 is 0 Å². The molecule has 102 valence electrons. The molecule has 2 N–H and O–H groups in total. The number of nitrogens with one attached hydrogen (secondary N) is 2. The van der Waals surface area contributed by atoms with E-state index in [1.165, 1.54) is 0 Å². The van der Waals surface area contributed by atoms with Crippen LogP contribution in [0, 0.1) is 0 Å². The van der Waals surface area contributed by atoms with E-state index in [4.69, 9.17) is 9.47 Å². The van der Waals surface area contributed by atoms with Crippen LogP contribution in [0.15, 0.2) is 0 Å². The van der Waals surface area contributed by atoms with Gasteiger partial charge in [-0.1, -0.05) is 13.3 Å². The lowest BCUT2D eigenvalue weighted by Gasteiger charge is -2.18. The van der Waals surface area contributed by atoms with Crippen molar-refractivity contribution in [3.8, 4) is 0 Å². The summed E-state index contributed by atoms with van der Waals surface area (Å²) in [7, 11) is 3.27. The fourth-order valence-electron chi connectivity index (χ4n) is 1.34. The molecule has 2 atom stereocenters. The van der Waals surface area contributed by atoms with E-state index < -0.39 is 0 Å². The zero-order valence-electron chi connectivity index (χ0n) is 11.4. The van der Waals surface area contributed by atoms with Gasteiger partial charge in [-0.05, 0) is 13.3 Å². The second kappa shape index (κ2) is 10.5. The predicted molar refractivity (Wildman–Crippen MR) is 68.1 cm³/mol. The molecule has 0 aliphatic rings. The van der Waals surface area contributed by atoms with E-state index in [1.54, 1.807) is 14.2 Å². The Bertz CT molecular complexity index is 200. The Kier molecular flexibility index (Phi) is 10.1. The molecule has 0 aromatic rings. The predicted octanol–water partition coefficient (Wildman–Crippen LogP) is 0.542. The first kappa shape index (κ1) is 16.4. The Morgan fingerprint density at radius 1 is 1.35 bits per heavy atom. The minimum atomic E-state index is -0.207. The van der Waals surface area contributed by atoms with Crippen molar-refractivity contribution >= 4 is 5.91 Å². The van der Waals surface area contributed by atoms with Crippen LogP contribution in [0.4, 0.5) is 0 Å². The molecule has 0 rings (SSSR count). The van der Waals surface area contributed by atoms with Crippen molar-refractivity contribution in [1.29, 1.82) is 0 Å². The largest absolute Gasteiger partial charge is 0.382 e. The molecule has 0 saturated carbocycles. The average Bonchev–Trinajstić information content (AvgIpc) is 2.34. The number of carbonyl (C=O) groups is 1. The van der Waals surface area contributed by atoms with E-state index >= 15 is 0 Å². The lowest BCUT2D eigenvalue weighted by atomic mass is 10.2. The molecule has 2 unspecified atom stereocenters. The van der Waals surface area contributed by atoms with Crippen LogP contribution in [0.3, 0.4) is 0 Å². The summed E-state index contributed by atoms with van der Waals surface area (Å²) in [6.07, 6.45) is 2.08. The van der Waals surface area contributed by atoms with Crippen molar-refractivity contribution in [3.05, 3.63) is 0 Å².